The fraction of sp³-hybridized carbons (Fsp3) is 0.353. The van der Waals surface area contributed by atoms with Crippen molar-refractivity contribution < 1.29 is 9.90 Å². The molecule has 2 atom stereocenters. The van der Waals surface area contributed by atoms with Crippen LogP contribution < -0.4 is 5.32 Å². The van der Waals surface area contributed by atoms with Crippen molar-refractivity contribution in [1.29, 1.82) is 0 Å². The maximum absolute atomic E-state index is 12.2. The number of hydrogen-bond donors (Lipinski definition) is 2. The van der Waals surface area contributed by atoms with Crippen LogP contribution >= 0.6 is 0 Å². The summed E-state index contributed by atoms with van der Waals surface area (Å²) in [6.45, 7) is 3.00. The Morgan fingerprint density at radius 3 is 2.61 bits per heavy atom. The van der Waals surface area contributed by atoms with E-state index in [9.17, 15) is 9.90 Å². The number of amides is 2. The Morgan fingerprint density at radius 1 is 1.30 bits per heavy atom. The molecule has 6 heteroatoms. The summed E-state index contributed by atoms with van der Waals surface area (Å²) in [5.41, 5.74) is 1.50. The van der Waals surface area contributed by atoms with E-state index in [2.05, 4.69) is 15.3 Å². The van der Waals surface area contributed by atoms with Gasteiger partial charge in [-0.05, 0) is 13.3 Å². The van der Waals surface area contributed by atoms with Gasteiger partial charge >= 0.3 is 6.03 Å². The van der Waals surface area contributed by atoms with Gasteiger partial charge in [0.15, 0.2) is 5.82 Å². The van der Waals surface area contributed by atoms with Crippen LogP contribution in [0.3, 0.4) is 0 Å². The average Bonchev–Trinajstić information content (AvgIpc) is 3.07. The third-order valence-corrected chi connectivity index (χ3v) is 4.13. The van der Waals surface area contributed by atoms with Crippen molar-refractivity contribution >= 4 is 11.7 Å². The van der Waals surface area contributed by atoms with Gasteiger partial charge in [0.05, 0.1) is 24.2 Å². The summed E-state index contributed by atoms with van der Waals surface area (Å²) in [5.74, 6) is 0.774. The van der Waals surface area contributed by atoms with Crippen molar-refractivity contribution in [3.63, 3.8) is 0 Å². The Labute approximate surface area is 135 Å². The lowest BCUT2D eigenvalue weighted by Crippen LogP contribution is -2.34. The van der Waals surface area contributed by atoms with Crippen molar-refractivity contribution in [2.24, 2.45) is 5.92 Å². The minimum atomic E-state index is -0.388. The van der Waals surface area contributed by atoms with Crippen LogP contribution in [-0.4, -0.2) is 45.2 Å². The van der Waals surface area contributed by atoms with Crippen molar-refractivity contribution in [2.45, 2.75) is 19.4 Å². The normalized spacial score (nSPS) is 18.7. The van der Waals surface area contributed by atoms with E-state index in [0.29, 0.717) is 24.6 Å². The first-order valence-corrected chi connectivity index (χ1v) is 7.75. The lowest BCUT2D eigenvalue weighted by atomic mass is 10.0. The van der Waals surface area contributed by atoms with Crippen LogP contribution in [0.2, 0.25) is 0 Å². The van der Waals surface area contributed by atoms with Gasteiger partial charge in [0.25, 0.3) is 0 Å². The lowest BCUT2D eigenvalue weighted by Gasteiger charge is -2.18. The second-order valence-electron chi connectivity index (χ2n) is 5.83. The summed E-state index contributed by atoms with van der Waals surface area (Å²) < 4.78 is 0. The minimum absolute atomic E-state index is 0.150. The SMILES string of the molecule is CC(O)C1CCN(C(=O)Nc2cnc(-c3ccccc3)nc2)C1. The zero-order valence-electron chi connectivity index (χ0n) is 13.0. The molecule has 0 saturated carbocycles. The minimum Gasteiger partial charge on any atom is -0.393 e. The molecule has 2 amide bonds. The van der Waals surface area contributed by atoms with E-state index in [4.69, 9.17) is 0 Å². The fourth-order valence-corrected chi connectivity index (χ4v) is 2.70. The number of rotatable bonds is 3. The summed E-state index contributed by atoms with van der Waals surface area (Å²) in [7, 11) is 0. The monoisotopic (exact) mass is 312 g/mol. The maximum atomic E-state index is 12.2. The quantitative estimate of drug-likeness (QED) is 0.912. The number of carbonyl (C=O) groups is 1. The first-order chi connectivity index (χ1) is 11.1. The highest BCUT2D eigenvalue weighted by atomic mass is 16.3. The van der Waals surface area contributed by atoms with Gasteiger partial charge in [-0.2, -0.15) is 0 Å². The molecule has 0 bridgehead atoms. The van der Waals surface area contributed by atoms with Crippen LogP contribution in [0, 0.1) is 5.92 Å². The van der Waals surface area contributed by atoms with Crippen molar-refractivity contribution in [3.8, 4) is 11.4 Å². The Kier molecular flexibility index (Phi) is 4.52. The smallest absolute Gasteiger partial charge is 0.321 e. The summed E-state index contributed by atoms with van der Waals surface area (Å²) in [6, 6.07) is 9.50. The Balaban J connectivity index is 1.61. The number of nitrogens with zero attached hydrogens (tertiary/aromatic N) is 3. The third kappa shape index (κ3) is 3.65. The second kappa shape index (κ2) is 6.75. The first-order valence-electron chi connectivity index (χ1n) is 7.75. The molecule has 1 aliphatic heterocycles. The summed E-state index contributed by atoms with van der Waals surface area (Å²) in [6.07, 6.45) is 3.65. The van der Waals surface area contributed by atoms with Crippen LogP contribution in [0.25, 0.3) is 11.4 Å². The second-order valence-corrected chi connectivity index (χ2v) is 5.83. The zero-order chi connectivity index (χ0) is 16.2. The molecular formula is C17H20N4O2. The highest BCUT2D eigenvalue weighted by Gasteiger charge is 2.29. The molecule has 3 rings (SSSR count). The van der Waals surface area contributed by atoms with Crippen LogP contribution in [0.1, 0.15) is 13.3 Å². The number of hydrogen-bond acceptors (Lipinski definition) is 4. The van der Waals surface area contributed by atoms with Crippen LogP contribution in [0.4, 0.5) is 10.5 Å². The van der Waals surface area contributed by atoms with Gasteiger partial charge in [0, 0.05) is 24.6 Å². The Bertz CT molecular complexity index is 658. The first kappa shape index (κ1) is 15.4. The van der Waals surface area contributed by atoms with Gasteiger partial charge in [-0.1, -0.05) is 30.3 Å². The molecule has 2 N–H and O–H groups in total. The van der Waals surface area contributed by atoms with Crippen LogP contribution in [-0.2, 0) is 0 Å². The molecule has 1 saturated heterocycles. The van der Waals surface area contributed by atoms with Crippen molar-refractivity contribution in [1.82, 2.24) is 14.9 Å². The van der Waals surface area contributed by atoms with E-state index < -0.39 is 0 Å². The number of likely N-dealkylation sites (tertiary alicyclic amines) is 1. The highest BCUT2D eigenvalue weighted by molar-refractivity contribution is 5.89. The van der Waals surface area contributed by atoms with Crippen molar-refractivity contribution in [3.05, 3.63) is 42.7 Å². The maximum Gasteiger partial charge on any atom is 0.321 e. The Hall–Kier alpha value is -2.47. The van der Waals surface area contributed by atoms with E-state index in [1.165, 1.54) is 0 Å². The number of urea groups is 1. The van der Waals surface area contributed by atoms with E-state index in [1.54, 1.807) is 24.2 Å². The molecule has 0 radical (unpaired) electrons. The summed E-state index contributed by atoms with van der Waals surface area (Å²) in [4.78, 5) is 22.5. The van der Waals surface area contributed by atoms with Crippen molar-refractivity contribution in [2.75, 3.05) is 18.4 Å². The van der Waals surface area contributed by atoms with Gasteiger partial charge in [-0.25, -0.2) is 14.8 Å². The average molecular weight is 312 g/mol. The third-order valence-electron chi connectivity index (χ3n) is 4.13. The topological polar surface area (TPSA) is 78.4 Å². The zero-order valence-corrected chi connectivity index (χ0v) is 13.0. The number of aromatic nitrogens is 2. The largest absolute Gasteiger partial charge is 0.393 e. The molecule has 1 aliphatic rings. The van der Waals surface area contributed by atoms with Gasteiger partial charge in [-0.3, -0.25) is 0 Å². The summed E-state index contributed by atoms with van der Waals surface area (Å²) >= 11 is 0. The summed E-state index contributed by atoms with van der Waals surface area (Å²) in [5, 5.41) is 12.4. The number of benzene rings is 1. The number of anilines is 1. The molecule has 1 aromatic heterocycles. The molecule has 1 aromatic carbocycles. The molecular weight excluding hydrogens is 292 g/mol. The van der Waals surface area contributed by atoms with Crippen LogP contribution in [0.15, 0.2) is 42.7 Å². The van der Waals surface area contributed by atoms with Gasteiger partial charge in [0.2, 0.25) is 0 Å². The number of carbonyl (C=O) groups excluding carboxylic acids is 1. The van der Waals surface area contributed by atoms with Gasteiger partial charge in [-0.15, -0.1) is 0 Å². The molecule has 2 aromatic rings. The fourth-order valence-electron chi connectivity index (χ4n) is 2.70. The molecule has 0 aliphatic carbocycles. The Morgan fingerprint density at radius 2 is 2.00 bits per heavy atom. The lowest BCUT2D eigenvalue weighted by molar-refractivity contribution is 0.130. The molecule has 1 fully saturated rings. The van der Waals surface area contributed by atoms with E-state index in [0.717, 1.165) is 12.0 Å². The highest BCUT2D eigenvalue weighted by Crippen LogP contribution is 2.21. The molecule has 23 heavy (non-hydrogen) atoms. The predicted octanol–water partition coefficient (Wildman–Crippen LogP) is 2.38. The van der Waals surface area contributed by atoms with Gasteiger partial charge < -0.3 is 15.3 Å². The van der Waals surface area contributed by atoms with Crippen LogP contribution in [0.5, 0.6) is 0 Å². The number of aliphatic hydroxyl groups excluding tert-OH is 1. The van der Waals surface area contributed by atoms with E-state index >= 15 is 0 Å². The molecule has 6 nitrogen and oxygen atoms in total. The standard InChI is InChI=1S/C17H20N4O2/c1-12(22)14-7-8-21(11-14)17(23)20-15-9-18-16(19-10-15)13-5-3-2-4-6-13/h2-6,9-10,12,14,22H,7-8,11H2,1H3,(H,20,23). The van der Waals surface area contributed by atoms with E-state index in [-0.39, 0.29) is 18.1 Å². The number of nitrogens with one attached hydrogen (secondary N) is 1. The van der Waals surface area contributed by atoms with E-state index in [1.807, 2.05) is 30.3 Å². The molecule has 120 valence electrons. The van der Waals surface area contributed by atoms with Gasteiger partial charge in [0.1, 0.15) is 0 Å². The number of aliphatic hydroxyl groups is 1. The predicted molar refractivity (Wildman–Crippen MR) is 87.8 cm³/mol. The molecule has 2 heterocycles. The molecule has 0 spiro atoms. The molecule has 2 unspecified atom stereocenters.